The zero-order chi connectivity index (χ0) is 27.1. The van der Waals surface area contributed by atoms with Crippen molar-refractivity contribution in [3.63, 3.8) is 0 Å². The third kappa shape index (κ3) is 6.92. The van der Waals surface area contributed by atoms with E-state index < -0.39 is 0 Å². The molecule has 4 rings (SSSR count). The Morgan fingerprint density at radius 2 is 2.00 bits per heavy atom. The smallest absolute Gasteiger partial charge is 0.282 e. The van der Waals surface area contributed by atoms with Gasteiger partial charge >= 0.3 is 0 Å². The summed E-state index contributed by atoms with van der Waals surface area (Å²) in [6, 6.07) is 9.15. The number of nitrogens with zero attached hydrogens (tertiary/aromatic N) is 4. The van der Waals surface area contributed by atoms with Crippen LogP contribution >= 0.6 is 38.5 Å². The van der Waals surface area contributed by atoms with Crippen molar-refractivity contribution in [2.45, 2.75) is 33.1 Å². The molecule has 1 saturated heterocycles. The first kappa shape index (κ1) is 28.5. The summed E-state index contributed by atoms with van der Waals surface area (Å²) in [7, 11) is 0. The summed E-state index contributed by atoms with van der Waals surface area (Å²) in [4.78, 5) is 32.4. The Bertz CT molecular complexity index is 1390. The van der Waals surface area contributed by atoms with Crippen LogP contribution in [-0.2, 0) is 16.0 Å². The molecule has 0 bridgehead atoms. The molecule has 0 saturated carbocycles. The lowest BCUT2D eigenvalue weighted by Crippen LogP contribution is -2.43. The molecule has 0 spiro atoms. The molecular weight excluding hydrogens is 667 g/mol. The summed E-state index contributed by atoms with van der Waals surface area (Å²) >= 11 is 5.59. The summed E-state index contributed by atoms with van der Waals surface area (Å²) in [6.07, 6.45) is 4.13. The fourth-order valence-electron chi connectivity index (χ4n) is 4.04. The first-order valence-corrected chi connectivity index (χ1v) is 14.5. The van der Waals surface area contributed by atoms with Gasteiger partial charge in [0, 0.05) is 24.0 Å². The highest BCUT2D eigenvalue weighted by Crippen LogP contribution is 2.34. The number of benzene rings is 2. The van der Waals surface area contributed by atoms with Crippen molar-refractivity contribution in [1.82, 2.24) is 14.6 Å². The van der Waals surface area contributed by atoms with Crippen LogP contribution in [0.4, 0.5) is 0 Å². The number of unbranched alkanes of at least 4 members (excludes halogenated alkanes) is 1. The molecule has 0 aliphatic carbocycles. The van der Waals surface area contributed by atoms with Crippen molar-refractivity contribution in [3.05, 3.63) is 60.1 Å². The van der Waals surface area contributed by atoms with E-state index in [4.69, 9.17) is 19.2 Å². The van der Waals surface area contributed by atoms with Crippen LogP contribution in [0.5, 0.6) is 11.5 Å². The van der Waals surface area contributed by atoms with Gasteiger partial charge in [-0.15, -0.1) is 0 Å². The van der Waals surface area contributed by atoms with Crippen molar-refractivity contribution < 1.29 is 19.0 Å². The Labute approximate surface area is 243 Å². The number of aromatic nitrogens is 2. The minimum atomic E-state index is -0.222. The van der Waals surface area contributed by atoms with Gasteiger partial charge in [0.05, 0.1) is 40.5 Å². The van der Waals surface area contributed by atoms with Gasteiger partial charge in [0.25, 0.3) is 11.5 Å². The van der Waals surface area contributed by atoms with Crippen LogP contribution in [0.3, 0.4) is 0 Å². The summed E-state index contributed by atoms with van der Waals surface area (Å²) in [5.41, 5.74) is 1.16. The zero-order valence-electron chi connectivity index (χ0n) is 21.4. The first-order chi connectivity index (χ1) is 18.4. The molecule has 0 radical (unpaired) electrons. The van der Waals surface area contributed by atoms with Crippen molar-refractivity contribution in [2.75, 3.05) is 39.5 Å². The Morgan fingerprint density at radius 1 is 1.21 bits per heavy atom. The van der Waals surface area contributed by atoms with Gasteiger partial charge in [-0.1, -0.05) is 29.3 Å². The van der Waals surface area contributed by atoms with E-state index in [1.807, 2.05) is 25.1 Å². The molecule has 3 aromatic rings. The molecule has 1 fully saturated rings. The number of fused-ring (bicyclic) bond motifs is 1. The molecule has 2 aromatic carbocycles. The number of carbonyl (C=O) groups excluding carboxylic acids is 1. The van der Waals surface area contributed by atoms with Crippen molar-refractivity contribution in [1.29, 1.82) is 0 Å². The quantitative estimate of drug-likeness (QED) is 0.227. The molecule has 38 heavy (non-hydrogen) atoms. The van der Waals surface area contributed by atoms with Crippen LogP contribution in [0.1, 0.15) is 38.1 Å². The van der Waals surface area contributed by atoms with Gasteiger partial charge in [-0.3, -0.25) is 9.59 Å². The summed E-state index contributed by atoms with van der Waals surface area (Å²) in [6.45, 7) is 6.52. The number of aryl methyl sites for hydroxylation is 1. The van der Waals surface area contributed by atoms with Crippen molar-refractivity contribution in [2.24, 2.45) is 5.10 Å². The first-order valence-electron chi connectivity index (χ1n) is 12.6. The van der Waals surface area contributed by atoms with Crippen molar-refractivity contribution >= 4 is 61.5 Å². The van der Waals surface area contributed by atoms with Crippen LogP contribution in [0.15, 0.2) is 44.7 Å². The molecule has 1 aliphatic rings. The monoisotopic (exact) mass is 696 g/mol. The van der Waals surface area contributed by atoms with Crippen LogP contribution in [-0.4, -0.2) is 66.2 Å². The highest BCUT2D eigenvalue weighted by atomic mass is 127. The number of amides is 1. The van der Waals surface area contributed by atoms with E-state index in [1.165, 1.54) is 4.68 Å². The fourth-order valence-corrected chi connectivity index (χ4v) is 5.18. The van der Waals surface area contributed by atoms with Gasteiger partial charge in [0.1, 0.15) is 5.82 Å². The summed E-state index contributed by atoms with van der Waals surface area (Å²) in [5, 5.41) is 5.04. The lowest BCUT2D eigenvalue weighted by Gasteiger charge is -2.27. The maximum atomic E-state index is 13.4. The largest absolute Gasteiger partial charge is 0.490 e. The number of carbonyl (C=O) groups is 1. The van der Waals surface area contributed by atoms with Gasteiger partial charge in [-0.2, -0.15) is 9.78 Å². The third-order valence-electron chi connectivity index (χ3n) is 5.99. The van der Waals surface area contributed by atoms with Crippen LogP contribution in [0, 0.1) is 3.57 Å². The van der Waals surface area contributed by atoms with Gasteiger partial charge < -0.3 is 19.1 Å². The second-order valence-corrected chi connectivity index (χ2v) is 10.8. The Balaban J connectivity index is 1.63. The fraction of sp³-hybridized carbons (Fsp3) is 0.407. The molecule has 0 atom stereocenters. The SMILES string of the molecule is CCCCc1nc2ccc(Br)cc2c(=O)n1N=Cc1cc(I)c(OCC(=O)N2CCOCC2)c(OCC)c1. The minimum absolute atomic E-state index is 0.0853. The molecule has 1 aliphatic heterocycles. The van der Waals surface area contributed by atoms with E-state index in [9.17, 15) is 9.59 Å². The van der Waals surface area contributed by atoms with Crippen LogP contribution in [0.2, 0.25) is 0 Å². The number of hydrogen-bond donors (Lipinski definition) is 0. The maximum Gasteiger partial charge on any atom is 0.282 e. The predicted octanol–water partition coefficient (Wildman–Crippen LogP) is 4.62. The maximum absolute atomic E-state index is 13.4. The Morgan fingerprint density at radius 3 is 2.74 bits per heavy atom. The molecule has 11 heteroatoms. The predicted molar refractivity (Wildman–Crippen MR) is 159 cm³/mol. The highest BCUT2D eigenvalue weighted by Gasteiger charge is 2.20. The second-order valence-electron chi connectivity index (χ2n) is 8.70. The lowest BCUT2D eigenvalue weighted by molar-refractivity contribution is -0.137. The van der Waals surface area contributed by atoms with Gasteiger partial charge in [-0.25, -0.2) is 4.98 Å². The van der Waals surface area contributed by atoms with Gasteiger partial charge in [-0.05, 0) is 71.8 Å². The number of halogens is 2. The normalized spacial score (nSPS) is 13.8. The number of rotatable bonds is 10. The topological polar surface area (TPSA) is 95.3 Å². The molecule has 0 unspecified atom stereocenters. The van der Waals surface area contributed by atoms with Crippen LogP contribution < -0.4 is 15.0 Å². The van der Waals surface area contributed by atoms with E-state index >= 15 is 0 Å². The average molecular weight is 697 g/mol. The minimum Gasteiger partial charge on any atom is -0.490 e. The molecular formula is C27H30BrIN4O5. The number of hydrogen-bond acceptors (Lipinski definition) is 7. The molecule has 202 valence electrons. The van der Waals surface area contributed by atoms with E-state index in [0.717, 1.165) is 26.4 Å². The molecule has 2 heterocycles. The number of ether oxygens (including phenoxy) is 3. The summed E-state index contributed by atoms with van der Waals surface area (Å²) < 4.78 is 20.0. The van der Waals surface area contributed by atoms with Gasteiger partial charge in [0.2, 0.25) is 0 Å². The van der Waals surface area contributed by atoms with Crippen LogP contribution in [0.25, 0.3) is 10.9 Å². The van der Waals surface area contributed by atoms with Gasteiger partial charge in [0.15, 0.2) is 18.1 Å². The van der Waals surface area contributed by atoms with E-state index in [-0.39, 0.29) is 18.1 Å². The Kier molecular flexibility index (Phi) is 10.1. The summed E-state index contributed by atoms with van der Waals surface area (Å²) in [5.74, 6) is 1.54. The average Bonchev–Trinajstić information content (AvgIpc) is 2.92. The molecule has 1 aromatic heterocycles. The second kappa shape index (κ2) is 13.5. The number of morpholine rings is 1. The zero-order valence-corrected chi connectivity index (χ0v) is 25.2. The highest BCUT2D eigenvalue weighted by molar-refractivity contribution is 14.1. The van der Waals surface area contributed by atoms with E-state index in [1.54, 1.807) is 23.2 Å². The Hall–Kier alpha value is -2.51. The van der Waals surface area contributed by atoms with E-state index in [0.29, 0.717) is 67.6 Å². The van der Waals surface area contributed by atoms with E-state index in [2.05, 4.69) is 50.5 Å². The standard InChI is InChI=1S/C27H30BrIN4O5/c1-3-5-6-24-31-22-8-7-19(28)15-20(22)27(35)33(24)30-16-18-13-21(29)26(23(14-18)37-4-2)38-17-25(34)32-9-11-36-12-10-32/h7-8,13-16H,3-6,9-12,17H2,1-2H3. The lowest BCUT2D eigenvalue weighted by atomic mass is 10.2. The molecule has 0 N–H and O–H groups in total. The third-order valence-corrected chi connectivity index (χ3v) is 7.28. The van der Waals surface area contributed by atoms with Crippen molar-refractivity contribution in [3.8, 4) is 11.5 Å². The molecule has 1 amide bonds. The molecule has 9 nitrogen and oxygen atoms in total.